The van der Waals surface area contributed by atoms with Crippen LogP contribution in [0.5, 0.6) is 28.7 Å². The van der Waals surface area contributed by atoms with E-state index in [1.54, 1.807) is 36.7 Å². The summed E-state index contributed by atoms with van der Waals surface area (Å²) in [5, 5.41) is 1.68. The lowest BCUT2D eigenvalue weighted by atomic mass is 9.89. The molecule has 0 amide bonds. The largest absolute Gasteiger partial charge is 0.493 e. The predicted molar refractivity (Wildman–Crippen MR) is 170 cm³/mol. The summed E-state index contributed by atoms with van der Waals surface area (Å²) in [6.07, 6.45) is 7.03. The molecule has 0 bridgehead atoms. The van der Waals surface area contributed by atoms with E-state index in [-0.39, 0.29) is 24.5 Å². The number of carbonyl (C=O) groups is 2. The number of unbranched alkanes of at least 4 members (excludes halogenated alkanes) is 3. The van der Waals surface area contributed by atoms with Crippen molar-refractivity contribution in [2.75, 3.05) is 34.7 Å². The van der Waals surface area contributed by atoms with Gasteiger partial charge in [0, 0.05) is 17.7 Å². The molecule has 3 heterocycles. The molecule has 12 nitrogen and oxygen atoms in total. The van der Waals surface area contributed by atoms with Crippen LogP contribution in [-0.4, -0.2) is 66.5 Å². The number of hydrogen-bond acceptors (Lipinski definition) is 11. The number of aryl methyl sites for hydroxylation is 1. The minimum Gasteiger partial charge on any atom is -0.493 e. The van der Waals surface area contributed by atoms with Crippen LogP contribution in [0.3, 0.4) is 0 Å². The molecule has 0 unspecified atom stereocenters. The number of esters is 1. The standard InChI is InChI=1S/C33H31ClN4O8/c1-41-25-12-20(13-26(42-2)30(25)43-3)27-22-14-24-23(45-18-46-24)11-19(22)10-21(15-39)28(27)33(40)44-9-7-5-4-6-8-38-17-37-29-31(34)35-16-36-32(29)38/h10-17H,4-9,18H2,1-3H3. The number of hydrogen-bond donors (Lipinski definition) is 0. The number of imidazole rings is 1. The number of fused-ring (bicyclic) bond motifs is 3. The van der Waals surface area contributed by atoms with Crippen LogP contribution in [0, 0.1) is 0 Å². The molecule has 0 aliphatic carbocycles. The average Bonchev–Trinajstić information content (AvgIpc) is 3.72. The molecule has 5 aromatic rings. The van der Waals surface area contributed by atoms with Crippen molar-refractivity contribution in [1.29, 1.82) is 0 Å². The Morgan fingerprint density at radius 2 is 1.67 bits per heavy atom. The van der Waals surface area contributed by atoms with E-state index in [0.29, 0.717) is 79.7 Å². The summed E-state index contributed by atoms with van der Waals surface area (Å²) >= 11 is 6.10. The summed E-state index contributed by atoms with van der Waals surface area (Å²) < 4.78 is 35.6. The highest BCUT2D eigenvalue weighted by Crippen LogP contribution is 2.46. The predicted octanol–water partition coefficient (Wildman–Crippen LogP) is 6.28. The third kappa shape index (κ3) is 5.83. The van der Waals surface area contributed by atoms with Crippen LogP contribution in [0.2, 0.25) is 5.15 Å². The van der Waals surface area contributed by atoms with E-state index >= 15 is 0 Å². The Bertz CT molecular complexity index is 1920. The van der Waals surface area contributed by atoms with Gasteiger partial charge in [0.05, 0.1) is 39.8 Å². The fraction of sp³-hybridized carbons (Fsp3) is 0.303. The Balaban J connectivity index is 1.23. The maximum absolute atomic E-state index is 13.8. The monoisotopic (exact) mass is 646 g/mol. The Hall–Kier alpha value is -5.10. The molecule has 1 aliphatic rings. The number of nitrogens with zero attached hydrogens (tertiary/aromatic N) is 4. The first kappa shape index (κ1) is 30.9. The van der Waals surface area contributed by atoms with E-state index in [1.165, 1.54) is 27.7 Å². The number of aromatic nitrogens is 4. The Labute approximate surface area is 269 Å². The Morgan fingerprint density at radius 1 is 0.935 bits per heavy atom. The molecular formula is C33H31ClN4O8. The summed E-state index contributed by atoms with van der Waals surface area (Å²) in [5.41, 5.74) is 2.61. The SMILES string of the molecule is COc1cc(-c2c(C(=O)OCCCCCCn3cnc4c(Cl)ncnc43)c(C=O)cc3cc4c(cc23)OCO4)cc(OC)c1OC. The summed E-state index contributed by atoms with van der Waals surface area (Å²) in [7, 11) is 4.53. The van der Waals surface area contributed by atoms with E-state index in [2.05, 4.69) is 15.0 Å². The second kappa shape index (κ2) is 13.5. The number of methoxy groups -OCH3 is 3. The molecule has 0 radical (unpaired) electrons. The van der Waals surface area contributed by atoms with Crippen LogP contribution >= 0.6 is 11.6 Å². The van der Waals surface area contributed by atoms with Gasteiger partial charge in [-0.3, -0.25) is 4.79 Å². The smallest absolute Gasteiger partial charge is 0.339 e. The number of carbonyl (C=O) groups excluding carboxylic acids is 2. The molecule has 0 saturated carbocycles. The molecule has 13 heteroatoms. The lowest BCUT2D eigenvalue weighted by molar-refractivity contribution is 0.0496. The third-order valence-electron chi connectivity index (χ3n) is 7.83. The van der Waals surface area contributed by atoms with Crippen LogP contribution in [0.25, 0.3) is 33.1 Å². The number of halogens is 1. The number of aldehydes is 1. The molecule has 6 rings (SSSR count). The highest BCUT2D eigenvalue weighted by molar-refractivity contribution is 6.33. The number of ether oxygens (including phenoxy) is 6. The summed E-state index contributed by atoms with van der Waals surface area (Å²) in [6.45, 7) is 0.976. The Morgan fingerprint density at radius 3 is 2.39 bits per heavy atom. The minimum absolute atomic E-state index is 0.0717. The van der Waals surface area contributed by atoms with Gasteiger partial charge in [0.25, 0.3) is 0 Å². The summed E-state index contributed by atoms with van der Waals surface area (Å²) in [5.74, 6) is 1.63. The summed E-state index contributed by atoms with van der Waals surface area (Å²) in [4.78, 5) is 38.7. The molecule has 0 spiro atoms. The number of rotatable bonds is 13. The topological polar surface area (TPSA) is 133 Å². The molecular weight excluding hydrogens is 616 g/mol. The molecule has 0 saturated heterocycles. The van der Waals surface area contributed by atoms with Crippen LogP contribution in [-0.2, 0) is 11.3 Å². The fourth-order valence-electron chi connectivity index (χ4n) is 5.64. The van der Waals surface area contributed by atoms with Crippen LogP contribution in [0.1, 0.15) is 46.4 Å². The second-order valence-electron chi connectivity index (χ2n) is 10.5. The van der Waals surface area contributed by atoms with Gasteiger partial charge in [-0.1, -0.05) is 18.0 Å². The summed E-state index contributed by atoms with van der Waals surface area (Å²) in [6, 6.07) is 8.70. The van der Waals surface area contributed by atoms with Crippen molar-refractivity contribution < 1.29 is 38.0 Å². The van der Waals surface area contributed by atoms with Crippen molar-refractivity contribution >= 4 is 45.8 Å². The van der Waals surface area contributed by atoms with E-state index in [0.717, 1.165) is 25.8 Å². The van der Waals surface area contributed by atoms with E-state index in [4.69, 9.17) is 40.0 Å². The molecule has 1 aliphatic heterocycles. The molecule has 0 fully saturated rings. The molecule has 2 aromatic heterocycles. The van der Waals surface area contributed by atoms with Gasteiger partial charge >= 0.3 is 5.97 Å². The second-order valence-corrected chi connectivity index (χ2v) is 10.9. The van der Waals surface area contributed by atoms with Crippen LogP contribution in [0.15, 0.2) is 43.0 Å². The zero-order chi connectivity index (χ0) is 32.2. The van der Waals surface area contributed by atoms with Gasteiger partial charge < -0.3 is 33.0 Å². The van der Waals surface area contributed by atoms with E-state index < -0.39 is 5.97 Å². The van der Waals surface area contributed by atoms with Gasteiger partial charge in [0.15, 0.2) is 40.1 Å². The maximum Gasteiger partial charge on any atom is 0.339 e. The average molecular weight is 647 g/mol. The molecule has 3 aromatic carbocycles. The number of benzene rings is 3. The lowest BCUT2D eigenvalue weighted by Gasteiger charge is -2.19. The van der Waals surface area contributed by atoms with E-state index in [1.807, 2.05) is 4.57 Å². The maximum atomic E-state index is 13.8. The first-order valence-corrected chi connectivity index (χ1v) is 15.0. The van der Waals surface area contributed by atoms with E-state index in [9.17, 15) is 9.59 Å². The Kier molecular flexibility index (Phi) is 9.06. The van der Waals surface area contributed by atoms with Crippen molar-refractivity contribution in [2.24, 2.45) is 0 Å². The van der Waals surface area contributed by atoms with Gasteiger partial charge in [-0.2, -0.15) is 0 Å². The normalized spacial score (nSPS) is 12.0. The van der Waals surface area contributed by atoms with Crippen molar-refractivity contribution in [3.05, 3.63) is 59.3 Å². The fourth-order valence-corrected chi connectivity index (χ4v) is 5.82. The zero-order valence-corrected chi connectivity index (χ0v) is 26.3. The quantitative estimate of drug-likeness (QED) is 0.0619. The first-order chi connectivity index (χ1) is 22.5. The van der Waals surface area contributed by atoms with Gasteiger partial charge in [0.2, 0.25) is 12.5 Å². The zero-order valence-electron chi connectivity index (χ0n) is 25.5. The molecule has 0 atom stereocenters. The van der Waals surface area contributed by atoms with Crippen LogP contribution in [0.4, 0.5) is 0 Å². The lowest BCUT2D eigenvalue weighted by Crippen LogP contribution is -2.12. The third-order valence-corrected chi connectivity index (χ3v) is 8.11. The molecule has 238 valence electrons. The molecule has 0 N–H and O–H groups in total. The van der Waals surface area contributed by atoms with Crippen molar-refractivity contribution in [2.45, 2.75) is 32.2 Å². The minimum atomic E-state index is -0.619. The van der Waals surface area contributed by atoms with Crippen molar-refractivity contribution in [1.82, 2.24) is 19.5 Å². The van der Waals surface area contributed by atoms with Gasteiger partial charge in [0.1, 0.15) is 11.8 Å². The van der Waals surface area contributed by atoms with Crippen molar-refractivity contribution in [3.63, 3.8) is 0 Å². The first-order valence-electron chi connectivity index (χ1n) is 14.6. The van der Waals surface area contributed by atoms with Gasteiger partial charge in [-0.05, 0) is 65.9 Å². The highest BCUT2D eigenvalue weighted by Gasteiger charge is 2.27. The van der Waals surface area contributed by atoms with Gasteiger partial charge in [-0.25, -0.2) is 19.7 Å². The van der Waals surface area contributed by atoms with Crippen molar-refractivity contribution in [3.8, 4) is 39.9 Å². The van der Waals surface area contributed by atoms with Gasteiger partial charge in [-0.15, -0.1) is 0 Å². The molecule has 46 heavy (non-hydrogen) atoms. The highest BCUT2D eigenvalue weighted by atomic mass is 35.5. The van der Waals surface area contributed by atoms with Crippen LogP contribution < -0.4 is 23.7 Å².